The van der Waals surface area contributed by atoms with Gasteiger partial charge in [-0.25, -0.2) is 4.79 Å². The Morgan fingerprint density at radius 3 is 2.42 bits per heavy atom. The molecule has 2 rings (SSSR count). The lowest BCUT2D eigenvalue weighted by Crippen LogP contribution is -2.41. The van der Waals surface area contributed by atoms with Gasteiger partial charge in [-0.2, -0.15) is 0 Å². The van der Waals surface area contributed by atoms with E-state index in [0.29, 0.717) is 13.0 Å². The largest absolute Gasteiger partial charge is 0.466 e. The minimum atomic E-state index is -0.500. The maximum atomic E-state index is 12.4. The fourth-order valence-electron chi connectivity index (χ4n) is 3.14. The molecule has 0 amide bonds. The molecule has 142 valence electrons. The number of nitrogens with zero attached hydrogens (tertiary/aromatic N) is 1. The van der Waals surface area contributed by atoms with E-state index in [1.165, 1.54) is 7.11 Å². The number of methoxy groups -OCH3 is 1. The number of hydrogen-bond donors (Lipinski definition) is 0. The highest BCUT2D eigenvalue weighted by Crippen LogP contribution is 2.25. The molecule has 0 spiro atoms. The smallest absolute Gasteiger partial charge is 0.333 e. The minimum absolute atomic E-state index is 0.191. The summed E-state index contributed by atoms with van der Waals surface area (Å²) in [5.41, 5.74) is 1.37. The highest BCUT2D eigenvalue weighted by Gasteiger charge is 2.27. The molecule has 0 heterocycles. The molecule has 0 saturated carbocycles. The van der Waals surface area contributed by atoms with E-state index in [1.54, 1.807) is 0 Å². The van der Waals surface area contributed by atoms with Gasteiger partial charge in [-0.05, 0) is 45.6 Å². The average molecular weight is 359 g/mol. The van der Waals surface area contributed by atoms with E-state index in [1.807, 2.05) is 45.0 Å². The van der Waals surface area contributed by atoms with Gasteiger partial charge in [0, 0.05) is 18.2 Å². The van der Waals surface area contributed by atoms with Crippen LogP contribution in [0.4, 0.5) is 0 Å². The van der Waals surface area contributed by atoms with Crippen LogP contribution in [0.15, 0.2) is 42.0 Å². The van der Waals surface area contributed by atoms with Crippen LogP contribution >= 0.6 is 0 Å². The predicted molar refractivity (Wildman–Crippen MR) is 100 cm³/mol. The minimum Gasteiger partial charge on any atom is -0.466 e. The number of hydrogen-bond acceptors (Lipinski definition) is 5. The molecule has 1 atom stereocenters. The first-order chi connectivity index (χ1) is 12.3. The second-order valence-corrected chi connectivity index (χ2v) is 7.63. The monoisotopic (exact) mass is 359 g/mol. The van der Waals surface area contributed by atoms with E-state index in [0.717, 1.165) is 24.0 Å². The normalized spacial score (nSPS) is 17.6. The summed E-state index contributed by atoms with van der Waals surface area (Å²) in [5, 5.41) is 0. The van der Waals surface area contributed by atoms with Gasteiger partial charge in [0.1, 0.15) is 5.60 Å². The van der Waals surface area contributed by atoms with E-state index in [-0.39, 0.29) is 24.5 Å². The Labute approximate surface area is 156 Å². The molecule has 26 heavy (non-hydrogen) atoms. The molecule has 0 aliphatic heterocycles. The van der Waals surface area contributed by atoms with Crippen LogP contribution in [0.1, 0.15) is 45.6 Å². The van der Waals surface area contributed by atoms with Crippen LogP contribution in [-0.4, -0.2) is 42.1 Å². The summed E-state index contributed by atoms with van der Waals surface area (Å²) < 4.78 is 10.3. The highest BCUT2D eigenvalue weighted by atomic mass is 16.6. The van der Waals surface area contributed by atoms with Gasteiger partial charge in [-0.15, -0.1) is 0 Å². The molecule has 0 bridgehead atoms. The Morgan fingerprint density at radius 2 is 1.88 bits per heavy atom. The zero-order chi connectivity index (χ0) is 19.2. The third-order valence-electron chi connectivity index (χ3n) is 4.33. The Balaban J connectivity index is 2.09. The fraction of sp³-hybridized carbons (Fsp3) is 0.524. The number of carbonyl (C=O) groups excluding carboxylic acids is 2. The van der Waals surface area contributed by atoms with Crippen molar-refractivity contribution in [3.8, 4) is 0 Å². The molecule has 0 N–H and O–H groups in total. The molecule has 0 aromatic heterocycles. The van der Waals surface area contributed by atoms with E-state index in [9.17, 15) is 9.59 Å². The van der Waals surface area contributed by atoms with E-state index < -0.39 is 5.60 Å². The third kappa shape index (κ3) is 6.30. The summed E-state index contributed by atoms with van der Waals surface area (Å²) in [6, 6.07) is 10.3. The van der Waals surface area contributed by atoms with Gasteiger partial charge in [-0.1, -0.05) is 36.4 Å². The highest BCUT2D eigenvalue weighted by molar-refractivity contribution is 5.88. The molecule has 1 unspecified atom stereocenters. The molecule has 5 nitrogen and oxygen atoms in total. The van der Waals surface area contributed by atoms with E-state index >= 15 is 0 Å². The predicted octanol–water partition coefficient (Wildman–Crippen LogP) is 3.48. The molecule has 5 heteroatoms. The molecular formula is C21H29NO4. The van der Waals surface area contributed by atoms with Crippen LogP contribution in [0.2, 0.25) is 0 Å². The Hall–Kier alpha value is -2.14. The Bertz CT molecular complexity index is 646. The second kappa shape index (κ2) is 8.99. The van der Waals surface area contributed by atoms with Crippen molar-refractivity contribution in [2.75, 3.05) is 13.7 Å². The Kier molecular flexibility index (Phi) is 6.98. The number of esters is 2. The molecule has 0 saturated heterocycles. The lowest BCUT2D eigenvalue weighted by molar-refractivity contribution is -0.157. The molecule has 1 aromatic carbocycles. The maximum absolute atomic E-state index is 12.4. The number of benzene rings is 1. The molecule has 0 fully saturated rings. The summed E-state index contributed by atoms with van der Waals surface area (Å²) >= 11 is 0. The summed E-state index contributed by atoms with van der Waals surface area (Å²) in [4.78, 5) is 26.2. The van der Waals surface area contributed by atoms with Gasteiger partial charge >= 0.3 is 11.9 Å². The van der Waals surface area contributed by atoms with Crippen LogP contribution in [0, 0.1) is 0 Å². The van der Waals surface area contributed by atoms with Crippen LogP contribution < -0.4 is 0 Å². The van der Waals surface area contributed by atoms with Gasteiger partial charge in [0.05, 0.1) is 13.7 Å². The molecule has 0 radical (unpaired) electrons. The van der Waals surface area contributed by atoms with Gasteiger partial charge < -0.3 is 9.47 Å². The van der Waals surface area contributed by atoms with Crippen molar-refractivity contribution in [2.45, 2.75) is 58.2 Å². The summed E-state index contributed by atoms with van der Waals surface area (Å²) in [6.07, 6.45) is 4.14. The third-order valence-corrected chi connectivity index (χ3v) is 4.33. The first-order valence-corrected chi connectivity index (χ1v) is 9.05. The maximum Gasteiger partial charge on any atom is 0.333 e. The first-order valence-electron chi connectivity index (χ1n) is 9.05. The standard InChI is InChI=1S/C21H29NO4/c1-21(2,3)26-19(23)15-22(14-16-8-6-5-7-9-16)18-12-10-17(11-13-18)20(24)25-4/h5-10,18H,11-15H2,1-4H3. The van der Waals surface area contributed by atoms with Crippen LogP contribution in [0.25, 0.3) is 0 Å². The SMILES string of the molecule is COC(=O)C1=CCC(N(CC(=O)OC(C)(C)C)Cc2ccccc2)CC1. The second-order valence-electron chi connectivity index (χ2n) is 7.63. The summed E-state index contributed by atoms with van der Waals surface area (Å²) in [5.74, 6) is -0.485. The first kappa shape index (κ1) is 20.2. The fourth-order valence-corrected chi connectivity index (χ4v) is 3.14. The van der Waals surface area contributed by atoms with Gasteiger partial charge in [0.25, 0.3) is 0 Å². The summed E-state index contributed by atoms with van der Waals surface area (Å²) in [6.45, 7) is 6.53. The van der Waals surface area contributed by atoms with Crippen molar-refractivity contribution in [2.24, 2.45) is 0 Å². The van der Waals surface area contributed by atoms with Crippen molar-refractivity contribution in [1.29, 1.82) is 0 Å². The van der Waals surface area contributed by atoms with Gasteiger partial charge in [-0.3, -0.25) is 9.69 Å². The topological polar surface area (TPSA) is 55.8 Å². The molecule has 1 aromatic rings. The summed E-state index contributed by atoms with van der Waals surface area (Å²) in [7, 11) is 1.40. The van der Waals surface area contributed by atoms with Crippen molar-refractivity contribution < 1.29 is 19.1 Å². The average Bonchev–Trinajstić information content (AvgIpc) is 2.60. The van der Waals surface area contributed by atoms with Crippen LogP contribution in [-0.2, 0) is 25.6 Å². The lowest BCUT2D eigenvalue weighted by Gasteiger charge is -2.33. The molecule has 1 aliphatic rings. The quantitative estimate of drug-likeness (QED) is 0.728. The van der Waals surface area contributed by atoms with Crippen LogP contribution in [0.3, 0.4) is 0 Å². The number of carbonyl (C=O) groups is 2. The van der Waals surface area contributed by atoms with Crippen LogP contribution in [0.5, 0.6) is 0 Å². The van der Waals surface area contributed by atoms with Crippen molar-refractivity contribution >= 4 is 11.9 Å². The van der Waals surface area contributed by atoms with Gasteiger partial charge in [0.15, 0.2) is 0 Å². The van der Waals surface area contributed by atoms with E-state index in [2.05, 4.69) is 17.0 Å². The van der Waals surface area contributed by atoms with Gasteiger partial charge in [0.2, 0.25) is 0 Å². The zero-order valence-corrected chi connectivity index (χ0v) is 16.2. The molecule has 1 aliphatic carbocycles. The van der Waals surface area contributed by atoms with Crippen molar-refractivity contribution in [3.05, 3.63) is 47.5 Å². The number of rotatable bonds is 6. The zero-order valence-electron chi connectivity index (χ0n) is 16.2. The lowest BCUT2D eigenvalue weighted by atomic mass is 9.93. The Morgan fingerprint density at radius 1 is 1.19 bits per heavy atom. The molecular weight excluding hydrogens is 330 g/mol. The van der Waals surface area contributed by atoms with E-state index in [4.69, 9.17) is 9.47 Å². The van der Waals surface area contributed by atoms with Crippen molar-refractivity contribution in [3.63, 3.8) is 0 Å². The van der Waals surface area contributed by atoms with Crippen molar-refractivity contribution in [1.82, 2.24) is 4.90 Å². The number of ether oxygens (including phenoxy) is 2.